The Bertz CT molecular complexity index is 1210. The topological polar surface area (TPSA) is 90.5 Å². The van der Waals surface area contributed by atoms with Gasteiger partial charge in [0.1, 0.15) is 12.1 Å². The molecule has 0 aliphatic rings. The van der Waals surface area contributed by atoms with Crippen molar-refractivity contribution in [2.45, 2.75) is 27.2 Å². The van der Waals surface area contributed by atoms with Gasteiger partial charge in [0.15, 0.2) is 11.5 Å². The zero-order valence-corrected chi connectivity index (χ0v) is 17.1. The van der Waals surface area contributed by atoms with Crippen molar-refractivity contribution in [2.24, 2.45) is 0 Å². The zero-order chi connectivity index (χ0) is 20.5. The third kappa shape index (κ3) is 3.47. The van der Waals surface area contributed by atoms with Gasteiger partial charge in [0.2, 0.25) is 5.91 Å². The van der Waals surface area contributed by atoms with E-state index in [1.165, 1.54) is 11.9 Å². The van der Waals surface area contributed by atoms with Gasteiger partial charge >= 0.3 is 0 Å². The van der Waals surface area contributed by atoms with E-state index in [0.29, 0.717) is 17.3 Å². The van der Waals surface area contributed by atoms with Crippen LogP contribution in [0, 0.1) is 20.8 Å². The first-order valence-corrected chi connectivity index (χ1v) is 9.71. The molecule has 0 aliphatic carbocycles. The van der Waals surface area contributed by atoms with E-state index in [1.807, 2.05) is 19.1 Å². The number of aryl methyl sites for hydroxylation is 2. The van der Waals surface area contributed by atoms with Crippen LogP contribution >= 0.6 is 11.6 Å². The van der Waals surface area contributed by atoms with Crippen molar-refractivity contribution in [2.75, 3.05) is 11.2 Å². The molecule has 0 radical (unpaired) electrons. The predicted octanol–water partition coefficient (Wildman–Crippen LogP) is 3.49. The summed E-state index contributed by atoms with van der Waals surface area (Å²) in [6, 6.07) is 7.85. The standard InChI is InChI=1S/C20H20ClN7O/c1-12-5-4-6-16(14(12)3)27-19-15(10-24-27)20(23-11-22-19)28-17(9-13(2)26-28)25-18(29)7-8-21/h4-6,9-11H,7-8H2,1-3H3,(H,25,29). The second-order valence-corrected chi connectivity index (χ2v) is 7.16. The first kappa shape index (κ1) is 19.1. The molecule has 0 spiro atoms. The van der Waals surface area contributed by atoms with Crippen molar-refractivity contribution < 1.29 is 4.79 Å². The molecular weight excluding hydrogens is 390 g/mol. The highest BCUT2D eigenvalue weighted by Crippen LogP contribution is 2.26. The molecule has 0 unspecified atom stereocenters. The SMILES string of the molecule is Cc1cc(NC(=O)CCCl)n(-c2ncnc3c2cnn3-c2cccc(C)c2C)n1. The van der Waals surface area contributed by atoms with Gasteiger partial charge in [-0.25, -0.2) is 14.6 Å². The Morgan fingerprint density at radius 2 is 2.00 bits per heavy atom. The number of carbonyl (C=O) groups excluding carboxylic acids is 1. The molecule has 0 bridgehead atoms. The molecule has 1 amide bonds. The van der Waals surface area contributed by atoms with Crippen molar-refractivity contribution in [1.29, 1.82) is 0 Å². The molecule has 0 fully saturated rings. The Hall–Kier alpha value is -3.26. The van der Waals surface area contributed by atoms with E-state index in [9.17, 15) is 4.79 Å². The van der Waals surface area contributed by atoms with Crippen molar-refractivity contribution in [3.63, 3.8) is 0 Å². The van der Waals surface area contributed by atoms with Gasteiger partial charge in [-0.3, -0.25) is 4.79 Å². The van der Waals surface area contributed by atoms with Gasteiger partial charge in [-0.2, -0.15) is 14.9 Å². The smallest absolute Gasteiger partial charge is 0.226 e. The fourth-order valence-corrected chi connectivity index (χ4v) is 3.35. The van der Waals surface area contributed by atoms with E-state index in [-0.39, 0.29) is 18.2 Å². The molecule has 9 heteroatoms. The predicted molar refractivity (Wildman–Crippen MR) is 112 cm³/mol. The van der Waals surface area contributed by atoms with Gasteiger partial charge in [0, 0.05) is 18.4 Å². The van der Waals surface area contributed by atoms with Gasteiger partial charge in [-0.05, 0) is 38.0 Å². The number of amides is 1. The summed E-state index contributed by atoms with van der Waals surface area (Å²) in [6.45, 7) is 5.97. The molecular formula is C20H20ClN7O. The van der Waals surface area contributed by atoms with Gasteiger partial charge in [-0.15, -0.1) is 11.6 Å². The number of fused-ring (bicyclic) bond motifs is 1. The molecule has 3 heterocycles. The minimum Gasteiger partial charge on any atom is -0.310 e. The minimum absolute atomic E-state index is 0.183. The van der Waals surface area contributed by atoms with Crippen LogP contribution in [0.5, 0.6) is 0 Å². The molecule has 0 atom stereocenters. The maximum atomic E-state index is 12.0. The summed E-state index contributed by atoms with van der Waals surface area (Å²) in [5.41, 5.74) is 4.67. The van der Waals surface area contributed by atoms with Crippen molar-refractivity contribution in [3.05, 3.63) is 53.6 Å². The molecule has 4 rings (SSSR count). The van der Waals surface area contributed by atoms with E-state index >= 15 is 0 Å². The summed E-state index contributed by atoms with van der Waals surface area (Å²) < 4.78 is 3.39. The molecule has 3 aromatic heterocycles. The highest BCUT2D eigenvalue weighted by atomic mass is 35.5. The summed E-state index contributed by atoms with van der Waals surface area (Å²) in [5.74, 6) is 1.13. The van der Waals surface area contributed by atoms with Crippen LogP contribution in [0.4, 0.5) is 5.82 Å². The van der Waals surface area contributed by atoms with Gasteiger partial charge in [-0.1, -0.05) is 12.1 Å². The molecule has 1 N–H and O–H groups in total. The lowest BCUT2D eigenvalue weighted by Gasteiger charge is -2.10. The maximum Gasteiger partial charge on any atom is 0.226 e. The lowest BCUT2D eigenvalue weighted by Crippen LogP contribution is -2.15. The number of hydrogen-bond acceptors (Lipinski definition) is 5. The number of anilines is 1. The number of aromatic nitrogens is 6. The molecule has 0 saturated carbocycles. The van der Waals surface area contributed by atoms with Crippen LogP contribution in [0.25, 0.3) is 22.5 Å². The normalized spacial score (nSPS) is 11.2. The Morgan fingerprint density at radius 3 is 2.79 bits per heavy atom. The maximum absolute atomic E-state index is 12.0. The van der Waals surface area contributed by atoms with Crippen molar-refractivity contribution in [3.8, 4) is 11.5 Å². The molecule has 29 heavy (non-hydrogen) atoms. The monoisotopic (exact) mass is 409 g/mol. The van der Waals surface area contributed by atoms with Crippen LogP contribution in [0.15, 0.2) is 36.8 Å². The Kier molecular flexibility index (Phi) is 5.02. The van der Waals surface area contributed by atoms with E-state index in [2.05, 4.69) is 45.4 Å². The largest absolute Gasteiger partial charge is 0.310 e. The number of rotatable bonds is 5. The van der Waals surface area contributed by atoms with Crippen molar-refractivity contribution in [1.82, 2.24) is 29.5 Å². The molecule has 0 saturated heterocycles. The fourth-order valence-electron chi connectivity index (χ4n) is 3.18. The van der Waals surface area contributed by atoms with Crippen LogP contribution in [-0.4, -0.2) is 41.3 Å². The van der Waals surface area contributed by atoms with Gasteiger partial charge in [0.05, 0.1) is 23.0 Å². The molecule has 8 nitrogen and oxygen atoms in total. The van der Waals surface area contributed by atoms with E-state index < -0.39 is 0 Å². The number of hydrogen-bond donors (Lipinski definition) is 1. The highest BCUT2D eigenvalue weighted by molar-refractivity contribution is 6.19. The lowest BCUT2D eigenvalue weighted by molar-refractivity contribution is -0.115. The second-order valence-electron chi connectivity index (χ2n) is 6.78. The first-order valence-electron chi connectivity index (χ1n) is 9.17. The second kappa shape index (κ2) is 7.63. The Labute approximate surface area is 172 Å². The number of carbonyl (C=O) groups is 1. The summed E-state index contributed by atoms with van der Waals surface area (Å²) in [4.78, 5) is 20.9. The zero-order valence-electron chi connectivity index (χ0n) is 16.3. The fraction of sp³-hybridized carbons (Fsp3) is 0.250. The minimum atomic E-state index is -0.183. The molecule has 4 aromatic rings. The third-order valence-corrected chi connectivity index (χ3v) is 4.96. The first-order chi connectivity index (χ1) is 14.0. The number of benzene rings is 1. The number of alkyl halides is 1. The summed E-state index contributed by atoms with van der Waals surface area (Å²) in [5, 5.41) is 12.6. The molecule has 1 aromatic carbocycles. The summed E-state index contributed by atoms with van der Waals surface area (Å²) in [7, 11) is 0. The van der Waals surface area contributed by atoms with Crippen LogP contribution in [0.1, 0.15) is 23.2 Å². The number of halogens is 1. The van der Waals surface area contributed by atoms with Crippen LogP contribution in [0.2, 0.25) is 0 Å². The third-order valence-electron chi connectivity index (χ3n) is 4.77. The van der Waals surface area contributed by atoms with Crippen LogP contribution < -0.4 is 5.32 Å². The summed E-state index contributed by atoms with van der Waals surface area (Å²) in [6.07, 6.45) is 3.41. The summed E-state index contributed by atoms with van der Waals surface area (Å²) >= 11 is 5.67. The quantitative estimate of drug-likeness (QED) is 0.509. The van der Waals surface area contributed by atoms with E-state index in [4.69, 9.17) is 11.6 Å². The van der Waals surface area contributed by atoms with E-state index in [1.54, 1.807) is 21.6 Å². The highest BCUT2D eigenvalue weighted by Gasteiger charge is 2.18. The molecule has 0 aliphatic heterocycles. The van der Waals surface area contributed by atoms with Crippen LogP contribution in [0.3, 0.4) is 0 Å². The lowest BCUT2D eigenvalue weighted by atomic mass is 10.1. The Morgan fingerprint density at radius 1 is 1.17 bits per heavy atom. The molecule has 148 valence electrons. The average molecular weight is 410 g/mol. The van der Waals surface area contributed by atoms with E-state index in [0.717, 1.165) is 22.3 Å². The van der Waals surface area contributed by atoms with Crippen molar-refractivity contribution >= 4 is 34.4 Å². The Balaban J connectivity index is 1.85. The van der Waals surface area contributed by atoms with Crippen LogP contribution in [-0.2, 0) is 4.79 Å². The number of nitrogens with one attached hydrogen (secondary N) is 1. The number of nitrogens with zero attached hydrogens (tertiary/aromatic N) is 6. The van der Waals surface area contributed by atoms with Gasteiger partial charge in [0.25, 0.3) is 0 Å². The van der Waals surface area contributed by atoms with Gasteiger partial charge < -0.3 is 5.32 Å². The average Bonchev–Trinajstić information content (AvgIpc) is 3.27.